The number of aliphatic hydroxyl groups excluding tert-OH is 1. The van der Waals surface area contributed by atoms with E-state index in [0.29, 0.717) is 0 Å². The second kappa shape index (κ2) is 4.76. The van der Waals surface area contributed by atoms with Gasteiger partial charge in [0.2, 0.25) is 0 Å². The van der Waals surface area contributed by atoms with Crippen LogP contribution in [0.2, 0.25) is 0 Å². The van der Waals surface area contributed by atoms with Crippen LogP contribution >= 0.6 is 15.9 Å². The predicted molar refractivity (Wildman–Crippen MR) is 67.2 cm³/mol. The zero-order chi connectivity index (χ0) is 11.5. The Morgan fingerprint density at radius 2 is 1.88 bits per heavy atom. The summed E-state index contributed by atoms with van der Waals surface area (Å²) in [7, 11) is 0. The molecule has 2 aromatic rings. The minimum atomic E-state index is -0.611. The lowest BCUT2D eigenvalue weighted by Crippen LogP contribution is -2.00. The summed E-state index contributed by atoms with van der Waals surface area (Å²) in [6, 6.07) is 11.5. The fourth-order valence-corrected chi connectivity index (χ4v) is 1.77. The molecule has 3 heteroatoms. The van der Waals surface area contributed by atoms with Crippen molar-refractivity contribution in [3.63, 3.8) is 0 Å². The Balaban J connectivity index is 2.34. The summed E-state index contributed by atoms with van der Waals surface area (Å²) in [5, 5.41) is 10.2. The maximum Gasteiger partial charge on any atom is 0.108 e. The number of aryl methyl sites for hydroxylation is 1. The van der Waals surface area contributed by atoms with Crippen LogP contribution in [-0.4, -0.2) is 10.1 Å². The van der Waals surface area contributed by atoms with E-state index < -0.39 is 6.10 Å². The first kappa shape index (κ1) is 11.3. The molecule has 2 rings (SSSR count). The molecule has 16 heavy (non-hydrogen) atoms. The van der Waals surface area contributed by atoms with Crippen LogP contribution in [0.5, 0.6) is 0 Å². The Bertz CT molecular complexity index is 485. The van der Waals surface area contributed by atoms with E-state index in [-0.39, 0.29) is 0 Å². The normalized spacial score (nSPS) is 12.4. The number of rotatable bonds is 2. The van der Waals surface area contributed by atoms with E-state index in [1.165, 1.54) is 0 Å². The lowest BCUT2D eigenvalue weighted by Gasteiger charge is -2.11. The number of nitrogens with zero attached hydrogens (tertiary/aromatic N) is 1. The summed E-state index contributed by atoms with van der Waals surface area (Å²) < 4.78 is 0.816. The van der Waals surface area contributed by atoms with Crippen LogP contribution in [-0.2, 0) is 0 Å². The third kappa shape index (κ3) is 2.31. The van der Waals surface area contributed by atoms with Crippen molar-refractivity contribution in [1.82, 2.24) is 4.98 Å². The summed E-state index contributed by atoms with van der Waals surface area (Å²) in [5.74, 6) is 0. The van der Waals surface area contributed by atoms with Crippen LogP contribution in [0.25, 0.3) is 0 Å². The molecule has 0 saturated carbocycles. The maximum atomic E-state index is 10.2. The number of halogens is 1. The molecule has 0 spiro atoms. The van der Waals surface area contributed by atoms with E-state index in [2.05, 4.69) is 20.9 Å². The van der Waals surface area contributed by atoms with E-state index in [1.54, 1.807) is 6.20 Å². The van der Waals surface area contributed by atoms with Crippen molar-refractivity contribution in [2.45, 2.75) is 13.0 Å². The van der Waals surface area contributed by atoms with Gasteiger partial charge in [0.25, 0.3) is 0 Å². The molecule has 0 aliphatic rings. The highest BCUT2D eigenvalue weighted by Crippen LogP contribution is 2.23. The van der Waals surface area contributed by atoms with Gasteiger partial charge in [0.05, 0.1) is 0 Å². The van der Waals surface area contributed by atoms with Gasteiger partial charge < -0.3 is 5.11 Å². The lowest BCUT2D eigenvalue weighted by atomic mass is 10.0. The van der Waals surface area contributed by atoms with Crippen LogP contribution < -0.4 is 0 Å². The smallest absolute Gasteiger partial charge is 0.108 e. The van der Waals surface area contributed by atoms with E-state index in [0.717, 1.165) is 21.3 Å². The quantitative estimate of drug-likeness (QED) is 0.855. The first-order chi connectivity index (χ1) is 7.68. The van der Waals surface area contributed by atoms with Gasteiger partial charge in [-0.2, -0.15) is 0 Å². The molecule has 82 valence electrons. The van der Waals surface area contributed by atoms with Crippen LogP contribution in [0.15, 0.2) is 47.2 Å². The average Bonchev–Trinajstić information content (AvgIpc) is 2.33. The molecule has 1 aromatic heterocycles. The highest BCUT2D eigenvalue weighted by Gasteiger charge is 2.11. The second-order valence-corrected chi connectivity index (χ2v) is 4.44. The zero-order valence-corrected chi connectivity index (χ0v) is 10.5. The third-order valence-corrected chi connectivity index (χ3v) is 3.30. The van der Waals surface area contributed by atoms with Crippen molar-refractivity contribution in [2.24, 2.45) is 0 Å². The van der Waals surface area contributed by atoms with Gasteiger partial charge in [0, 0.05) is 11.8 Å². The van der Waals surface area contributed by atoms with Crippen LogP contribution in [0.3, 0.4) is 0 Å². The van der Waals surface area contributed by atoms with Crippen molar-refractivity contribution in [3.05, 3.63) is 63.9 Å². The second-order valence-electron chi connectivity index (χ2n) is 3.69. The monoisotopic (exact) mass is 277 g/mol. The Hall–Kier alpha value is -1.19. The zero-order valence-electron chi connectivity index (χ0n) is 8.89. The molecule has 0 radical (unpaired) electrons. The van der Waals surface area contributed by atoms with Crippen LogP contribution in [0, 0.1) is 6.92 Å². The molecule has 2 nitrogen and oxygen atoms in total. The average molecular weight is 278 g/mol. The van der Waals surface area contributed by atoms with Crippen molar-refractivity contribution in [1.29, 1.82) is 0 Å². The molecule has 1 atom stereocenters. The number of pyridine rings is 1. The largest absolute Gasteiger partial charge is 0.384 e. The number of benzene rings is 1. The van der Waals surface area contributed by atoms with Gasteiger partial charge in [0.1, 0.15) is 10.7 Å². The predicted octanol–water partition coefficient (Wildman–Crippen LogP) is 3.23. The molecular formula is C13H12BrNO. The first-order valence-corrected chi connectivity index (χ1v) is 5.83. The van der Waals surface area contributed by atoms with E-state index in [4.69, 9.17) is 0 Å². The fourth-order valence-electron chi connectivity index (χ4n) is 1.56. The standard InChI is InChI=1S/C13H12BrNO/c1-9-7-11(8-15-13(9)14)12(16)10-5-3-2-4-6-10/h2-8,12,16H,1H3. The number of aliphatic hydroxyl groups is 1. The topological polar surface area (TPSA) is 33.1 Å². The van der Waals surface area contributed by atoms with Gasteiger partial charge in [-0.25, -0.2) is 4.98 Å². The van der Waals surface area contributed by atoms with Crippen LogP contribution in [0.4, 0.5) is 0 Å². The van der Waals surface area contributed by atoms with Gasteiger partial charge in [0.15, 0.2) is 0 Å². The molecule has 0 bridgehead atoms. The van der Waals surface area contributed by atoms with E-state index in [9.17, 15) is 5.11 Å². The highest BCUT2D eigenvalue weighted by molar-refractivity contribution is 9.10. The van der Waals surface area contributed by atoms with E-state index >= 15 is 0 Å². The molecule has 0 saturated heterocycles. The Kier molecular flexibility index (Phi) is 3.36. The summed E-state index contributed by atoms with van der Waals surface area (Å²) in [6.45, 7) is 1.96. The minimum Gasteiger partial charge on any atom is -0.384 e. The molecule has 1 heterocycles. The Labute approximate surface area is 103 Å². The highest BCUT2D eigenvalue weighted by atomic mass is 79.9. The molecule has 1 unspecified atom stereocenters. The number of aromatic nitrogens is 1. The molecule has 0 fully saturated rings. The summed E-state index contributed by atoms with van der Waals surface area (Å²) in [6.07, 6.45) is 1.08. The first-order valence-electron chi connectivity index (χ1n) is 5.03. The van der Waals surface area contributed by atoms with Crippen LogP contribution in [0.1, 0.15) is 22.8 Å². The van der Waals surface area contributed by atoms with Gasteiger partial charge in [-0.1, -0.05) is 30.3 Å². The van der Waals surface area contributed by atoms with Crippen molar-refractivity contribution >= 4 is 15.9 Å². The van der Waals surface area contributed by atoms with E-state index in [1.807, 2.05) is 43.3 Å². The lowest BCUT2D eigenvalue weighted by molar-refractivity contribution is 0.220. The molecule has 1 aromatic carbocycles. The number of hydrogen-bond donors (Lipinski definition) is 1. The fraction of sp³-hybridized carbons (Fsp3) is 0.154. The van der Waals surface area contributed by atoms with Crippen molar-refractivity contribution < 1.29 is 5.11 Å². The summed E-state index contributed by atoms with van der Waals surface area (Å²) in [5.41, 5.74) is 2.71. The SMILES string of the molecule is Cc1cc(C(O)c2ccccc2)cnc1Br. The molecule has 1 N–H and O–H groups in total. The van der Waals surface area contributed by atoms with Gasteiger partial charge in [-0.3, -0.25) is 0 Å². The summed E-state index contributed by atoms with van der Waals surface area (Å²) in [4.78, 5) is 4.18. The van der Waals surface area contributed by atoms with Crippen molar-refractivity contribution in [3.8, 4) is 0 Å². The maximum absolute atomic E-state index is 10.2. The minimum absolute atomic E-state index is 0.611. The summed E-state index contributed by atoms with van der Waals surface area (Å²) >= 11 is 3.34. The van der Waals surface area contributed by atoms with Gasteiger partial charge in [-0.05, 0) is 40.0 Å². The molecule has 0 aliphatic carbocycles. The van der Waals surface area contributed by atoms with Gasteiger partial charge in [-0.15, -0.1) is 0 Å². The van der Waals surface area contributed by atoms with Gasteiger partial charge >= 0.3 is 0 Å². The Morgan fingerprint density at radius 1 is 1.19 bits per heavy atom. The molecular weight excluding hydrogens is 266 g/mol. The Morgan fingerprint density at radius 3 is 2.50 bits per heavy atom. The van der Waals surface area contributed by atoms with Crippen molar-refractivity contribution in [2.75, 3.05) is 0 Å². The molecule has 0 aliphatic heterocycles. The molecule has 0 amide bonds. The third-order valence-electron chi connectivity index (χ3n) is 2.47. The number of hydrogen-bond acceptors (Lipinski definition) is 2.